The van der Waals surface area contributed by atoms with E-state index < -0.39 is 17.9 Å². The molecule has 0 spiro atoms. The minimum Gasteiger partial charge on any atom is -0.479 e. The van der Waals surface area contributed by atoms with Crippen molar-refractivity contribution in [1.82, 2.24) is 19.7 Å². The fourth-order valence-electron chi connectivity index (χ4n) is 3.39. The van der Waals surface area contributed by atoms with Crippen LogP contribution < -0.4 is 9.47 Å². The maximum Gasteiger partial charge on any atom is 0.359 e. The Morgan fingerprint density at radius 1 is 1.27 bits per heavy atom. The van der Waals surface area contributed by atoms with Gasteiger partial charge in [-0.1, -0.05) is 31.5 Å². The Balaban J connectivity index is 2.31. The number of aliphatic hydroxyl groups excluding tert-OH is 1. The van der Waals surface area contributed by atoms with Crippen LogP contribution in [0.2, 0.25) is 5.02 Å². The number of ether oxygens (including phenoxy) is 3. The highest BCUT2D eigenvalue weighted by Gasteiger charge is 2.32. The number of aromatic nitrogens is 4. The first-order valence-corrected chi connectivity index (χ1v) is 10.5. The molecular formula is C22H24ClFN4O5. The van der Waals surface area contributed by atoms with Crippen LogP contribution in [0.3, 0.4) is 0 Å². The molecule has 1 atom stereocenters. The second-order valence-electron chi connectivity index (χ2n) is 7.26. The van der Waals surface area contributed by atoms with Gasteiger partial charge in [0.05, 0.1) is 37.7 Å². The number of hydrogen-bond donors (Lipinski definition) is 1. The van der Waals surface area contributed by atoms with Crippen LogP contribution >= 0.6 is 11.6 Å². The molecule has 0 fully saturated rings. The Bertz CT molecular complexity index is 1170. The average Bonchev–Trinajstić information content (AvgIpc) is 3.21. The molecule has 0 saturated heterocycles. The summed E-state index contributed by atoms with van der Waals surface area (Å²) >= 11 is 5.79. The highest BCUT2D eigenvalue weighted by atomic mass is 35.5. The molecule has 2 heterocycles. The summed E-state index contributed by atoms with van der Waals surface area (Å²) in [6.07, 6.45) is 0.0313. The molecule has 0 bridgehead atoms. The zero-order valence-corrected chi connectivity index (χ0v) is 19.6. The Morgan fingerprint density at radius 2 is 2.00 bits per heavy atom. The lowest BCUT2D eigenvalue weighted by molar-refractivity contribution is 0.0513. The van der Waals surface area contributed by atoms with Gasteiger partial charge < -0.3 is 19.3 Å². The minimum atomic E-state index is -1.40. The van der Waals surface area contributed by atoms with Gasteiger partial charge in [0.1, 0.15) is 17.6 Å². The molecule has 176 valence electrons. The second-order valence-corrected chi connectivity index (χ2v) is 7.67. The number of aliphatic hydroxyl groups is 1. The predicted molar refractivity (Wildman–Crippen MR) is 118 cm³/mol. The number of rotatable bonds is 8. The monoisotopic (exact) mass is 478 g/mol. The molecule has 1 N–H and O–H groups in total. The molecule has 0 aliphatic heterocycles. The number of carbonyl (C=O) groups is 1. The van der Waals surface area contributed by atoms with E-state index in [0.717, 1.165) is 6.07 Å². The summed E-state index contributed by atoms with van der Waals surface area (Å²) in [6, 6.07) is 4.00. The zero-order chi connectivity index (χ0) is 24.3. The van der Waals surface area contributed by atoms with E-state index in [-0.39, 0.29) is 46.3 Å². The van der Waals surface area contributed by atoms with Crippen LogP contribution in [-0.2, 0) is 4.74 Å². The van der Waals surface area contributed by atoms with Crippen LogP contribution in [0.15, 0.2) is 24.4 Å². The molecule has 0 aliphatic rings. The highest BCUT2D eigenvalue weighted by molar-refractivity contribution is 6.30. The van der Waals surface area contributed by atoms with Gasteiger partial charge in [0.15, 0.2) is 5.69 Å². The molecule has 11 heteroatoms. The summed E-state index contributed by atoms with van der Waals surface area (Å²) in [7, 11) is 2.84. The molecule has 33 heavy (non-hydrogen) atoms. The van der Waals surface area contributed by atoms with Gasteiger partial charge in [-0.15, -0.1) is 0 Å². The van der Waals surface area contributed by atoms with Gasteiger partial charge >= 0.3 is 12.0 Å². The molecule has 1 unspecified atom stereocenters. The van der Waals surface area contributed by atoms with Crippen molar-refractivity contribution in [1.29, 1.82) is 0 Å². The number of esters is 1. The molecule has 0 saturated carbocycles. The van der Waals surface area contributed by atoms with Crippen molar-refractivity contribution < 1.29 is 28.5 Å². The maximum atomic E-state index is 14.1. The van der Waals surface area contributed by atoms with Crippen molar-refractivity contribution in [3.05, 3.63) is 57.8 Å². The molecule has 0 aliphatic carbocycles. The molecule has 3 rings (SSSR count). The molecule has 2 aromatic heterocycles. The van der Waals surface area contributed by atoms with E-state index >= 15 is 0 Å². The van der Waals surface area contributed by atoms with E-state index in [1.165, 1.54) is 37.2 Å². The van der Waals surface area contributed by atoms with Gasteiger partial charge in [-0.2, -0.15) is 10.1 Å². The van der Waals surface area contributed by atoms with Crippen LogP contribution in [0.1, 0.15) is 60.1 Å². The third kappa shape index (κ3) is 4.76. The lowest BCUT2D eigenvalue weighted by atomic mass is 9.94. The second kappa shape index (κ2) is 10.1. The maximum absolute atomic E-state index is 14.1. The van der Waals surface area contributed by atoms with Gasteiger partial charge in [-0.05, 0) is 30.5 Å². The van der Waals surface area contributed by atoms with E-state index in [1.807, 2.05) is 13.8 Å². The number of carbonyl (C=O) groups excluding carboxylic acids is 1. The molecule has 3 aromatic rings. The van der Waals surface area contributed by atoms with Crippen LogP contribution in [-0.4, -0.2) is 51.7 Å². The first kappa shape index (κ1) is 24.4. The fraction of sp³-hybridized carbons (Fsp3) is 0.364. The van der Waals surface area contributed by atoms with Gasteiger partial charge in [-0.3, -0.25) is 0 Å². The summed E-state index contributed by atoms with van der Waals surface area (Å²) in [4.78, 5) is 21.1. The average molecular weight is 479 g/mol. The van der Waals surface area contributed by atoms with Crippen molar-refractivity contribution >= 4 is 17.6 Å². The molecule has 1 aromatic carbocycles. The molecule has 9 nitrogen and oxygen atoms in total. The van der Waals surface area contributed by atoms with Crippen LogP contribution in [0.5, 0.6) is 11.9 Å². The van der Waals surface area contributed by atoms with E-state index in [1.54, 1.807) is 6.92 Å². The normalized spacial score (nSPS) is 12.0. The minimum absolute atomic E-state index is 0.0800. The third-order valence-corrected chi connectivity index (χ3v) is 5.13. The standard InChI is InChI=1S/C22H24ClFN4O5/c1-6-33-21(30)17-16(19(29)12-7-8-13(23)14(24)9-12)18(11(2)3)28(27-17)15-10-25-22(32-5)26-20(15)31-4/h7-11,19,29H,6H2,1-5H3. The Morgan fingerprint density at radius 3 is 2.58 bits per heavy atom. The lowest BCUT2D eigenvalue weighted by Crippen LogP contribution is -2.13. The van der Waals surface area contributed by atoms with Crippen molar-refractivity contribution in [3.63, 3.8) is 0 Å². The third-order valence-electron chi connectivity index (χ3n) is 4.83. The van der Waals surface area contributed by atoms with Gasteiger partial charge in [0.2, 0.25) is 5.88 Å². The largest absolute Gasteiger partial charge is 0.479 e. The SMILES string of the molecule is CCOC(=O)c1nn(-c2cnc(OC)nc2OC)c(C(C)C)c1C(O)c1ccc(Cl)c(F)c1. The Hall–Kier alpha value is -3.24. The summed E-state index contributed by atoms with van der Waals surface area (Å²) in [5, 5.41) is 15.6. The summed E-state index contributed by atoms with van der Waals surface area (Å²) in [5.41, 5.74) is 1.02. The molecule has 0 amide bonds. The van der Waals surface area contributed by atoms with E-state index in [0.29, 0.717) is 11.4 Å². The molecule has 0 radical (unpaired) electrons. The van der Waals surface area contributed by atoms with E-state index in [2.05, 4.69) is 15.1 Å². The first-order valence-electron chi connectivity index (χ1n) is 10.1. The quantitative estimate of drug-likeness (QED) is 0.486. The van der Waals surface area contributed by atoms with Gasteiger partial charge in [-0.25, -0.2) is 18.9 Å². The highest BCUT2D eigenvalue weighted by Crippen LogP contribution is 2.36. The smallest absolute Gasteiger partial charge is 0.359 e. The molecular weight excluding hydrogens is 455 g/mol. The van der Waals surface area contributed by atoms with E-state index in [9.17, 15) is 14.3 Å². The fourth-order valence-corrected chi connectivity index (χ4v) is 3.51. The number of halogens is 2. The first-order chi connectivity index (χ1) is 15.7. The van der Waals surface area contributed by atoms with Crippen LogP contribution in [0, 0.1) is 5.82 Å². The Kier molecular flexibility index (Phi) is 7.50. The van der Waals surface area contributed by atoms with Crippen molar-refractivity contribution in [2.24, 2.45) is 0 Å². The zero-order valence-electron chi connectivity index (χ0n) is 18.8. The van der Waals surface area contributed by atoms with Gasteiger partial charge in [0, 0.05) is 5.56 Å². The Labute approximate surface area is 195 Å². The number of methoxy groups -OCH3 is 2. The topological polar surface area (TPSA) is 109 Å². The van der Waals surface area contributed by atoms with Gasteiger partial charge in [0.25, 0.3) is 0 Å². The predicted octanol–water partition coefficient (Wildman–Crippen LogP) is 3.85. The van der Waals surface area contributed by atoms with Crippen molar-refractivity contribution in [3.8, 4) is 17.6 Å². The van der Waals surface area contributed by atoms with Crippen molar-refractivity contribution in [2.75, 3.05) is 20.8 Å². The van der Waals surface area contributed by atoms with Crippen molar-refractivity contribution in [2.45, 2.75) is 32.8 Å². The summed E-state index contributed by atoms with van der Waals surface area (Å²) in [5.74, 6) is -1.54. The number of nitrogens with zero attached hydrogens (tertiary/aromatic N) is 4. The van der Waals surface area contributed by atoms with Crippen LogP contribution in [0.4, 0.5) is 4.39 Å². The summed E-state index contributed by atoms with van der Waals surface area (Å²) in [6.45, 7) is 5.47. The number of hydrogen-bond acceptors (Lipinski definition) is 8. The van der Waals surface area contributed by atoms with Crippen LogP contribution in [0.25, 0.3) is 5.69 Å². The lowest BCUT2D eigenvalue weighted by Gasteiger charge is -2.18. The summed E-state index contributed by atoms with van der Waals surface area (Å²) < 4.78 is 31.1. The van der Waals surface area contributed by atoms with E-state index in [4.69, 9.17) is 25.8 Å². The number of benzene rings is 1.